The van der Waals surface area contributed by atoms with Crippen LogP contribution in [-0.2, 0) is 0 Å². The van der Waals surface area contributed by atoms with Crippen LogP contribution in [0.25, 0.3) is 5.65 Å². The Bertz CT molecular complexity index is 437. The van der Waals surface area contributed by atoms with Gasteiger partial charge in [-0.2, -0.15) is 0 Å². The van der Waals surface area contributed by atoms with Crippen molar-refractivity contribution in [3.8, 4) is 0 Å². The van der Waals surface area contributed by atoms with E-state index in [1.807, 2.05) is 17.5 Å². The molecule has 2 heterocycles. The second kappa shape index (κ2) is 2.71. The zero-order valence-electron chi connectivity index (χ0n) is 6.25. The van der Waals surface area contributed by atoms with Gasteiger partial charge in [0.2, 0.25) is 0 Å². The molecule has 0 unspecified atom stereocenters. The molecule has 0 bridgehead atoms. The maximum Gasteiger partial charge on any atom is 0.170 e. The fourth-order valence-corrected chi connectivity index (χ4v) is 1.83. The summed E-state index contributed by atoms with van der Waals surface area (Å²) in [6, 6.07) is 0. The number of imidazole rings is 1. The highest BCUT2D eigenvalue weighted by atomic mass is 79.9. The number of rotatable bonds is 0. The van der Waals surface area contributed by atoms with Crippen molar-refractivity contribution in [2.45, 2.75) is 6.92 Å². The lowest BCUT2D eigenvalue weighted by atomic mass is 10.6. The van der Waals surface area contributed by atoms with Crippen LogP contribution in [0.1, 0.15) is 5.69 Å². The van der Waals surface area contributed by atoms with Crippen LogP contribution < -0.4 is 0 Å². The molecule has 0 aliphatic heterocycles. The van der Waals surface area contributed by atoms with Crippen LogP contribution in [0.4, 0.5) is 0 Å². The van der Waals surface area contributed by atoms with E-state index in [1.165, 1.54) is 0 Å². The van der Waals surface area contributed by atoms with E-state index in [1.54, 1.807) is 6.20 Å². The Kier molecular flexibility index (Phi) is 1.81. The molecule has 0 fully saturated rings. The Morgan fingerprint density at radius 1 is 1.42 bits per heavy atom. The first kappa shape index (κ1) is 8.01. The summed E-state index contributed by atoms with van der Waals surface area (Å²) in [6.45, 7) is 1.92. The summed E-state index contributed by atoms with van der Waals surface area (Å²) >= 11 is 9.03. The van der Waals surface area contributed by atoms with E-state index in [0.717, 1.165) is 11.3 Å². The zero-order chi connectivity index (χ0) is 8.72. The van der Waals surface area contributed by atoms with Gasteiger partial charge in [-0.05, 0) is 22.9 Å². The van der Waals surface area contributed by atoms with Crippen molar-refractivity contribution >= 4 is 33.2 Å². The van der Waals surface area contributed by atoms with Gasteiger partial charge in [-0.1, -0.05) is 11.6 Å². The first-order chi connectivity index (χ1) is 5.66. The van der Waals surface area contributed by atoms with Crippen molar-refractivity contribution in [3.05, 3.63) is 27.8 Å². The fourth-order valence-electron chi connectivity index (χ4n) is 1.05. The number of hydrogen-bond donors (Lipinski definition) is 0. The quantitative estimate of drug-likeness (QED) is 0.715. The zero-order valence-corrected chi connectivity index (χ0v) is 8.59. The van der Waals surface area contributed by atoms with Crippen LogP contribution in [0.5, 0.6) is 0 Å². The monoisotopic (exact) mass is 245 g/mol. The summed E-state index contributed by atoms with van der Waals surface area (Å²) in [6.07, 6.45) is 3.62. The number of hydrogen-bond acceptors (Lipinski definition) is 2. The van der Waals surface area contributed by atoms with Gasteiger partial charge in [-0.3, -0.25) is 0 Å². The van der Waals surface area contributed by atoms with Crippen molar-refractivity contribution in [1.29, 1.82) is 0 Å². The van der Waals surface area contributed by atoms with Gasteiger partial charge < -0.3 is 4.40 Å². The summed E-state index contributed by atoms with van der Waals surface area (Å²) in [5.74, 6) is 0. The second-order valence-electron chi connectivity index (χ2n) is 2.47. The fraction of sp³-hybridized carbons (Fsp3) is 0.143. The number of aryl methyl sites for hydroxylation is 1. The molecule has 0 atom stereocenters. The molecule has 0 amide bonds. The van der Waals surface area contributed by atoms with Crippen molar-refractivity contribution in [2.24, 2.45) is 0 Å². The van der Waals surface area contributed by atoms with Crippen LogP contribution in [0.3, 0.4) is 0 Å². The third kappa shape index (κ3) is 1.21. The minimum Gasteiger partial charge on any atom is -0.301 e. The molecule has 0 spiro atoms. The van der Waals surface area contributed by atoms with Crippen molar-refractivity contribution < 1.29 is 0 Å². The van der Waals surface area contributed by atoms with E-state index in [-0.39, 0.29) is 0 Å². The Morgan fingerprint density at radius 2 is 2.17 bits per heavy atom. The molecular weight excluding hydrogens is 241 g/mol. The Morgan fingerprint density at radius 3 is 2.92 bits per heavy atom. The molecule has 0 aromatic carbocycles. The molecule has 0 aliphatic carbocycles. The average Bonchev–Trinajstić information content (AvgIpc) is 2.29. The molecule has 0 saturated heterocycles. The highest BCUT2D eigenvalue weighted by Gasteiger charge is 2.04. The smallest absolute Gasteiger partial charge is 0.170 e. The third-order valence-electron chi connectivity index (χ3n) is 1.49. The third-order valence-corrected chi connectivity index (χ3v) is 2.20. The summed E-state index contributed by atoms with van der Waals surface area (Å²) in [4.78, 5) is 8.26. The van der Waals surface area contributed by atoms with Crippen molar-refractivity contribution in [2.75, 3.05) is 0 Å². The molecule has 62 valence electrons. The highest BCUT2D eigenvalue weighted by Crippen LogP contribution is 2.17. The first-order valence-corrected chi connectivity index (χ1v) is 4.51. The Balaban J connectivity index is 2.88. The molecule has 2 aromatic heterocycles. The molecule has 3 nitrogen and oxygen atoms in total. The molecule has 0 aliphatic rings. The second-order valence-corrected chi connectivity index (χ2v) is 3.61. The first-order valence-electron chi connectivity index (χ1n) is 3.34. The van der Waals surface area contributed by atoms with Crippen LogP contribution in [0.15, 0.2) is 17.0 Å². The minimum absolute atomic E-state index is 0.451. The lowest BCUT2D eigenvalue weighted by Crippen LogP contribution is -1.87. The SMILES string of the molecule is Cc1cn2cc(Cl)nc(Br)c2n1. The number of nitrogens with zero attached hydrogens (tertiary/aromatic N) is 3. The number of halogens is 2. The number of aromatic nitrogens is 3. The van der Waals surface area contributed by atoms with Gasteiger partial charge in [0, 0.05) is 12.4 Å². The summed E-state index contributed by atoms with van der Waals surface area (Å²) in [7, 11) is 0. The standard InChI is InChI=1S/C7H5BrClN3/c1-4-2-12-3-5(9)11-6(8)7(12)10-4/h2-3H,1H3. The topological polar surface area (TPSA) is 30.2 Å². The van der Waals surface area contributed by atoms with Crippen LogP contribution in [-0.4, -0.2) is 14.4 Å². The van der Waals surface area contributed by atoms with E-state index < -0.39 is 0 Å². The van der Waals surface area contributed by atoms with E-state index in [9.17, 15) is 0 Å². The summed E-state index contributed by atoms with van der Waals surface area (Å²) in [5.41, 5.74) is 1.73. The minimum atomic E-state index is 0.451. The average molecular weight is 246 g/mol. The highest BCUT2D eigenvalue weighted by molar-refractivity contribution is 9.10. The molecule has 0 radical (unpaired) electrons. The lowest BCUT2D eigenvalue weighted by molar-refractivity contribution is 1.11. The van der Waals surface area contributed by atoms with Gasteiger partial charge in [0.1, 0.15) is 5.15 Å². The maximum absolute atomic E-state index is 5.74. The van der Waals surface area contributed by atoms with E-state index >= 15 is 0 Å². The largest absolute Gasteiger partial charge is 0.301 e. The van der Waals surface area contributed by atoms with Gasteiger partial charge in [-0.15, -0.1) is 0 Å². The van der Waals surface area contributed by atoms with Crippen LogP contribution in [0.2, 0.25) is 5.15 Å². The predicted octanol–water partition coefficient (Wildman–Crippen LogP) is 2.45. The molecule has 0 N–H and O–H groups in total. The summed E-state index contributed by atoms with van der Waals surface area (Å²) in [5, 5.41) is 0.451. The van der Waals surface area contributed by atoms with E-state index in [0.29, 0.717) is 9.76 Å². The summed E-state index contributed by atoms with van der Waals surface area (Å²) < 4.78 is 2.51. The molecule has 12 heavy (non-hydrogen) atoms. The van der Waals surface area contributed by atoms with Gasteiger partial charge in [0.05, 0.1) is 5.69 Å². The molecule has 2 aromatic rings. The van der Waals surface area contributed by atoms with E-state index in [4.69, 9.17) is 11.6 Å². The van der Waals surface area contributed by atoms with Crippen LogP contribution in [0, 0.1) is 6.92 Å². The van der Waals surface area contributed by atoms with Gasteiger partial charge >= 0.3 is 0 Å². The van der Waals surface area contributed by atoms with Crippen molar-refractivity contribution in [1.82, 2.24) is 14.4 Å². The normalized spacial score (nSPS) is 10.9. The Labute approximate surface area is 82.5 Å². The van der Waals surface area contributed by atoms with Gasteiger partial charge in [0.15, 0.2) is 10.3 Å². The molecular formula is C7H5BrClN3. The molecule has 5 heteroatoms. The number of fused-ring (bicyclic) bond motifs is 1. The molecule has 2 rings (SSSR count). The van der Waals surface area contributed by atoms with Gasteiger partial charge in [-0.25, -0.2) is 9.97 Å². The molecule has 0 saturated carbocycles. The van der Waals surface area contributed by atoms with Crippen molar-refractivity contribution in [3.63, 3.8) is 0 Å². The van der Waals surface area contributed by atoms with E-state index in [2.05, 4.69) is 25.9 Å². The maximum atomic E-state index is 5.74. The predicted molar refractivity (Wildman–Crippen MR) is 50.4 cm³/mol. The lowest BCUT2D eigenvalue weighted by Gasteiger charge is -1.95. The van der Waals surface area contributed by atoms with Gasteiger partial charge in [0.25, 0.3) is 0 Å². The van der Waals surface area contributed by atoms with Crippen LogP contribution >= 0.6 is 27.5 Å². The Hall–Kier alpha value is -0.610.